The van der Waals surface area contributed by atoms with Gasteiger partial charge in [-0.05, 0) is 121 Å². The largest absolute Gasteiger partial charge is 0.361 e. The van der Waals surface area contributed by atoms with Crippen molar-refractivity contribution in [3.05, 3.63) is 163 Å². The molecule has 3 aromatic heterocycles. The third kappa shape index (κ3) is 4.81. The number of nitriles is 1. The van der Waals surface area contributed by atoms with Gasteiger partial charge in [0.15, 0.2) is 0 Å². The lowest BCUT2D eigenvalue weighted by molar-refractivity contribution is 1.26. The molecule has 0 spiro atoms. The number of rotatable bonds is 4. The molecule has 0 unspecified atom stereocenters. The van der Waals surface area contributed by atoms with Crippen LogP contribution in [0.15, 0.2) is 146 Å². The predicted octanol–water partition coefficient (Wildman–Crippen LogP) is 12.2. The van der Waals surface area contributed by atoms with Crippen molar-refractivity contribution in [1.29, 1.82) is 5.26 Å². The number of hydrogen-bond donors (Lipinski definition) is 0. The van der Waals surface area contributed by atoms with Crippen molar-refractivity contribution >= 4 is 58.9 Å². The summed E-state index contributed by atoms with van der Waals surface area (Å²) in [6.07, 6.45) is 3.40. The molecule has 0 saturated heterocycles. The molecular formula is C44H24N4S. The topological polar surface area (TPSA) is 53.9 Å². The quantitative estimate of drug-likeness (QED) is 0.142. The predicted molar refractivity (Wildman–Crippen MR) is 203 cm³/mol. The highest BCUT2D eigenvalue weighted by atomic mass is 32.1. The highest BCUT2D eigenvalue weighted by molar-refractivity contribution is 7.25. The van der Waals surface area contributed by atoms with E-state index in [-0.39, 0.29) is 0 Å². The van der Waals surface area contributed by atoms with Gasteiger partial charge in [0.25, 0.3) is 5.82 Å². The van der Waals surface area contributed by atoms with E-state index in [9.17, 15) is 5.26 Å². The van der Waals surface area contributed by atoms with E-state index in [0.29, 0.717) is 11.5 Å². The minimum absolute atomic E-state index is 0.382. The number of thiophene rings is 1. The van der Waals surface area contributed by atoms with Crippen molar-refractivity contribution < 1.29 is 0 Å². The standard InChI is InChI=1S/C44H24N4S/c1-46-42-23-30(17-19-48-42)28-9-7-10-31(21-28)43-35-13-2-3-14-36(35)44(32-11-6-8-27(20-32)29-16-18-47-33(22-29)26-45)39-25-41-37(24-38(39)43)34-12-4-5-15-40(34)49-41/h2-25H. The van der Waals surface area contributed by atoms with Crippen LogP contribution in [0.1, 0.15) is 5.69 Å². The number of pyridine rings is 2. The highest BCUT2D eigenvalue weighted by Crippen LogP contribution is 2.48. The summed E-state index contributed by atoms with van der Waals surface area (Å²) >= 11 is 1.83. The van der Waals surface area contributed by atoms with Gasteiger partial charge in [0.05, 0.1) is 0 Å². The highest BCUT2D eigenvalue weighted by Gasteiger charge is 2.20. The molecule has 5 heteroatoms. The van der Waals surface area contributed by atoms with Crippen molar-refractivity contribution in [2.24, 2.45) is 0 Å². The maximum Gasteiger partial charge on any atom is 0.270 e. The molecule has 0 saturated carbocycles. The molecule has 4 nitrogen and oxygen atoms in total. The van der Waals surface area contributed by atoms with Crippen molar-refractivity contribution in [2.45, 2.75) is 0 Å². The molecule has 0 N–H and O–H groups in total. The smallest absolute Gasteiger partial charge is 0.270 e. The number of nitrogens with zero attached hydrogens (tertiary/aromatic N) is 4. The SMILES string of the molecule is [C-]#[N+]c1cc(-c2cccc(-c3c4ccccc4c(-c4cccc(-c5ccnc(C#N)c5)c4)c4cc5sc6ccccc6c5cc34)c2)ccn1. The van der Waals surface area contributed by atoms with E-state index in [2.05, 4.69) is 130 Å². The molecule has 0 fully saturated rings. The van der Waals surface area contributed by atoms with E-state index >= 15 is 0 Å². The molecule has 226 valence electrons. The minimum atomic E-state index is 0.382. The molecular weight excluding hydrogens is 617 g/mol. The second kappa shape index (κ2) is 11.5. The van der Waals surface area contributed by atoms with Gasteiger partial charge in [-0.3, -0.25) is 0 Å². The fourth-order valence-electron chi connectivity index (χ4n) is 7.06. The fraction of sp³-hybridized carbons (Fsp3) is 0. The van der Waals surface area contributed by atoms with Crippen LogP contribution in [0.5, 0.6) is 0 Å². The summed E-state index contributed by atoms with van der Waals surface area (Å²) in [5.41, 5.74) is 8.97. The molecule has 0 aliphatic carbocycles. The van der Waals surface area contributed by atoms with E-state index in [0.717, 1.165) is 33.4 Å². The van der Waals surface area contributed by atoms with Gasteiger partial charge >= 0.3 is 0 Å². The summed E-state index contributed by atoms with van der Waals surface area (Å²) in [7, 11) is 0. The number of benzene rings is 6. The Hall–Kier alpha value is -6.66. The van der Waals surface area contributed by atoms with Crippen molar-refractivity contribution in [3.63, 3.8) is 0 Å². The summed E-state index contributed by atoms with van der Waals surface area (Å²) in [5.74, 6) is 0.382. The molecule has 0 aliphatic rings. The van der Waals surface area contributed by atoms with Crippen LogP contribution in [0.25, 0.3) is 91.1 Å². The van der Waals surface area contributed by atoms with Crippen LogP contribution in [-0.2, 0) is 0 Å². The minimum Gasteiger partial charge on any atom is -0.361 e. The first-order valence-electron chi connectivity index (χ1n) is 15.9. The molecule has 0 atom stereocenters. The molecule has 9 rings (SSSR count). The second-order valence-electron chi connectivity index (χ2n) is 12.0. The molecule has 6 aromatic carbocycles. The van der Waals surface area contributed by atoms with Gasteiger partial charge in [0, 0.05) is 26.4 Å². The van der Waals surface area contributed by atoms with Gasteiger partial charge in [-0.15, -0.1) is 16.3 Å². The van der Waals surface area contributed by atoms with E-state index in [1.165, 1.54) is 52.8 Å². The zero-order valence-electron chi connectivity index (χ0n) is 26.1. The van der Waals surface area contributed by atoms with E-state index in [1.54, 1.807) is 12.4 Å². The summed E-state index contributed by atoms with van der Waals surface area (Å²) in [4.78, 5) is 11.9. The Morgan fingerprint density at radius 3 is 1.73 bits per heavy atom. The fourth-order valence-corrected chi connectivity index (χ4v) is 8.18. The molecule has 49 heavy (non-hydrogen) atoms. The molecule has 9 aromatic rings. The first-order chi connectivity index (χ1) is 24.2. The van der Waals surface area contributed by atoms with E-state index in [4.69, 9.17) is 6.57 Å². The average Bonchev–Trinajstić information content (AvgIpc) is 3.53. The zero-order valence-corrected chi connectivity index (χ0v) is 26.9. The molecule has 0 bridgehead atoms. The van der Waals surface area contributed by atoms with E-state index in [1.807, 2.05) is 35.6 Å². The van der Waals surface area contributed by atoms with Crippen molar-refractivity contribution in [3.8, 4) is 50.6 Å². The first-order valence-corrected chi connectivity index (χ1v) is 16.7. The lowest BCUT2D eigenvalue weighted by Crippen LogP contribution is -1.92. The summed E-state index contributed by atoms with van der Waals surface area (Å²) in [6.45, 7) is 7.49. The monoisotopic (exact) mass is 640 g/mol. The normalized spacial score (nSPS) is 11.2. The van der Waals surface area contributed by atoms with Crippen LogP contribution in [0.4, 0.5) is 5.82 Å². The lowest BCUT2D eigenvalue weighted by atomic mass is 9.84. The molecule has 0 radical (unpaired) electrons. The summed E-state index contributed by atoms with van der Waals surface area (Å²) < 4.78 is 2.51. The zero-order chi connectivity index (χ0) is 32.9. The first kappa shape index (κ1) is 28.6. The Kier molecular flexibility index (Phi) is 6.73. The van der Waals surface area contributed by atoms with Gasteiger partial charge in [-0.1, -0.05) is 85.4 Å². The van der Waals surface area contributed by atoms with Crippen LogP contribution in [0.2, 0.25) is 0 Å². The maximum atomic E-state index is 9.52. The maximum absolute atomic E-state index is 9.52. The van der Waals surface area contributed by atoms with E-state index < -0.39 is 0 Å². The molecule has 0 aliphatic heterocycles. The van der Waals surface area contributed by atoms with Crippen molar-refractivity contribution in [1.82, 2.24) is 9.97 Å². The Morgan fingerprint density at radius 2 is 1.06 bits per heavy atom. The molecule has 0 amide bonds. The van der Waals surface area contributed by atoms with Gasteiger partial charge in [0.1, 0.15) is 18.0 Å². The Labute approximate surface area is 286 Å². The average molecular weight is 641 g/mol. The third-order valence-electron chi connectivity index (χ3n) is 9.22. The van der Waals surface area contributed by atoms with Crippen molar-refractivity contribution in [2.75, 3.05) is 0 Å². The van der Waals surface area contributed by atoms with Crippen LogP contribution in [-0.4, -0.2) is 9.97 Å². The third-order valence-corrected chi connectivity index (χ3v) is 10.4. The van der Waals surface area contributed by atoms with Crippen LogP contribution in [0, 0.1) is 17.9 Å². The number of fused-ring (bicyclic) bond motifs is 5. The second-order valence-corrected chi connectivity index (χ2v) is 13.1. The Bertz CT molecular complexity index is 2870. The van der Waals surface area contributed by atoms with Crippen LogP contribution >= 0.6 is 11.3 Å². The number of aromatic nitrogens is 2. The van der Waals surface area contributed by atoms with Gasteiger partial charge in [0.2, 0.25) is 0 Å². The number of hydrogen-bond acceptors (Lipinski definition) is 4. The van der Waals surface area contributed by atoms with Gasteiger partial charge in [-0.2, -0.15) is 5.26 Å². The molecule has 3 heterocycles. The Morgan fingerprint density at radius 1 is 0.490 bits per heavy atom. The summed E-state index contributed by atoms with van der Waals surface area (Å²) in [6, 6.07) is 49.1. The Balaban J connectivity index is 1.38. The van der Waals surface area contributed by atoms with Crippen LogP contribution in [0.3, 0.4) is 0 Å². The van der Waals surface area contributed by atoms with Gasteiger partial charge in [-0.25, -0.2) is 4.98 Å². The lowest BCUT2D eigenvalue weighted by Gasteiger charge is -2.19. The van der Waals surface area contributed by atoms with Gasteiger partial charge < -0.3 is 4.85 Å². The summed E-state index contributed by atoms with van der Waals surface area (Å²) in [5, 5.41) is 16.7. The van der Waals surface area contributed by atoms with Crippen LogP contribution < -0.4 is 0 Å².